The number of hydrogen-bond acceptors (Lipinski definition) is 5. The molecule has 0 aromatic carbocycles. The second-order valence-corrected chi connectivity index (χ2v) is 6.63. The number of nitrogens with one attached hydrogen (secondary N) is 2. The molecule has 0 aliphatic carbocycles. The fourth-order valence-corrected chi connectivity index (χ4v) is 2.80. The van der Waals surface area contributed by atoms with Crippen LogP contribution in [-0.2, 0) is 0 Å². The molecule has 2 N–H and O–H groups in total. The van der Waals surface area contributed by atoms with Crippen LogP contribution in [0, 0.1) is 0 Å². The first kappa shape index (κ1) is 26.0. The van der Waals surface area contributed by atoms with Gasteiger partial charge in [0.25, 0.3) is 5.56 Å². The second-order valence-electron chi connectivity index (χ2n) is 6.63. The Morgan fingerprint density at radius 3 is 2.26 bits per heavy atom. The highest BCUT2D eigenvalue weighted by Gasteiger charge is 2.11. The molecule has 0 saturated carbocycles. The summed E-state index contributed by atoms with van der Waals surface area (Å²) in [5.74, 6) is 0.439. The summed E-state index contributed by atoms with van der Waals surface area (Å²) in [7, 11) is 4.29. The molecule has 0 aliphatic heterocycles. The topological polar surface area (TPSA) is 79.2 Å². The van der Waals surface area contributed by atoms with Gasteiger partial charge in [0.05, 0.1) is 38.6 Å². The van der Waals surface area contributed by atoms with Crippen molar-refractivity contribution < 1.29 is 4.90 Å². The van der Waals surface area contributed by atoms with Crippen LogP contribution >= 0.6 is 0 Å². The fourth-order valence-electron chi connectivity index (χ4n) is 2.80. The van der Waals surface area contributed by atoms with Crippen LogP contribution in [0.3, 0.4) is 0 Å². The van der Waals surface area contributed by atoms with E-state index in [2.05, 4.69) is 45.9 Å². The van der Waals surface area contributed by atoms with Crippen molar-refractivity contribution in [1.29, 1.82) is 0 Å². The summed E-state index contributed by atoms with van der Waals surface area (Å²) >= 11 is 0. The standard InChI is InChI=1S/C20H24N6O.2C2H6/c1-4-26(12-11-25(2)3)15-8-10-22-17(13-15)18-14-19(27)24-20(23-18)16-7-5-6-9-21-16;2*1-2/h5-10,13-14H,4,11-12H2,1-3H3,(H,23,24,27);2*1-2H3/p+1. The smallest absolute Gasteiger partial charge is 0.251 e. The van der Waals surface area contributed by atoms with Crippen LogP contribution < -0.4 is 15.4 Å². The zero-order valence-electron chi connectivity index (χ0n) is 19.9. The molecule has 7 heteroatoms. The van der Waals surface area contributed by atoms with E-state index in [9.17, 15) is 4.79 Å². The van der Waals surface area contributed by atoms with Crippen LogP contribution in [0.2, 0.25) is 0 Å². The number of pyridine rings is 2. The summed E-state index contributed by atoms with van der Waals surface area (Å²) in [6, 6.07) is 10.9. The average molecular weight is 426 g/mol. The number of likely N-dealkylation sites (N-methyl/N-ethyl adjacent to an activating group) is 2. The molecule has 0 fully saturated rings. The van der Waals surface area contributed by atoms with Gasteiger partial charge in [-0.15, -0.1) is 0 Å². The van der Waals surface area contributed by atoms with Gasteiger partial charge in [0.2, 0.25) is 0 Å². The summed E-state index contributed by atoms with van der Waals surface area (Å²) in [6.07, 6.45) is 3.44. The lowest BCUT2D eigenvalue weighted by Gasteiger charge is -2.23. The summed E-state index contributed by atoms with van der Waals surface area (Å²) in [4.78, 5) is 31.9. The molecule has 0 spiro atoms. The van der Waals surface area contributed by atoms with Gasteiger partial charge in [-0.3, -0.25) is 14.8 Å². The van der Waals surface area contributed by atoms with Crippen molar-refractivity contribution in [2.24, 2.45) is 0 Å². The number of rotatable bonds is 7. The van der Waals surface area contributed by atoms with E-state index in [0.717, 1.165) is 25.3 Å². The summed E-state index contributed by atoms with van der Waals surface area (Å²) in [6.45, 7) is 13.0. The van der Waals surface area contributed by atoms with Crippen molar-refractivity contribution in [2.75, 3.05) is 38.6 Å². The van der Waals surface area contributed by atoms with Gasteiger partial charge in [-0.05, 0) is 31.2 Å². The van der Waals surface area contributed by atoms with E-state index in [4.69, 9.17) is 0 Å². The van der Waals surface area contributed by atoms with Crippen molar-refractivity contribution in [1.82, 2.24) is 19.9 Å². The molecule has 0 unspecified atom stereocenters. The van der Waals surface area contributed by atoms with E-state index in [1.54, 1.807) is 12.4 Å². The van der Waals surface area contributed by atoms with E-state index in [0.29, 0.717) is 22.9 Å². The minimum absolute atomic E-state index is 0.226. The first-order chi connectivity index (χ1) is 15.1. The molecule has 3 aromatic rings. The van der Waals surface area contributed by atoms with Crippen LogP contribution in [0.4, 0.5) is 5.69 Å². The molecule has 3 heterocycles. The molecular weight excluding hydrogens is 388 g/mol. The SMILES string of the molecule is CC.CC.CCN(CC[NH+](C)C)c1ccnc(-c2cc(=O)[nH]c(-c3ccccn3)n2)c1. The maximum absolute atomic E-state index is 12.1. The van der Waals surface area contributed by atoms with E-state index in [1.165, 1.54) is 11.0 Å². The fraction of sp³-hybridized carbons (Fsp3) is 0.417. The largest absolute Gasteiger partial charge is 0.366 e. The van der Waals surface area contributed by atoms with Gasteiger partial charge in [-0.2, -0.15) is 0 Å². The zero-order chi connectivity index (χ0) is 23.2. The third kappa shape index (κ3) is 7.94. The maximum Gasteiger partial charge on any atom is 0.251 e. The van der Waals surface area contributed by atoms with Crippen molar-refractivity contribution in [2.45, 2.75) is 34.6 Å². The number of quaternary nitrogens is 1. The number of aromatic nitrogens is 4. The van der Waals surface area contributed by atoms with Crippen LogP contribution in [0.15, 0.2) is 53.6 Å². The van der Waals surface area contributed by atoms with E-state index in [-0.39, 0.29) is 5.56 Å². The molecule has 3 aromatic heterocycles. The lowest BCUT2D eigenvalue weighted by molar-refractivity contribution is -0.856. The highest BCUT2D eigenvalue weighted by Crippen LogP contribution is 2.21. The maximum atomic E-state index is 12.1. The van der Waals surface area contributed by atoms with Crippen molar-refractivity contribution in [3.63, 3.8) is 0 Å². The van der Waals surface area contributed by atoms with Gasteiger partial charge in [0, 0.05) is 30.7 Å². The first-order valence-electron chi connectivity index (χ1n) is 11.1. The number of nitrogens with zero attached hydrogens (tertiary/aromatic N) is 4. The third-order valence-electron chi connectivity index (χ3n) is 4.28. The van der Waals surface area contributed by atoms with E-state index >= 15 is 0 Å². The third-order valence-corrected chi connectivity index (χ3v) is 4.28. The summed E-state index contributed by atoms with van der Waals surface area (Å²) in [5, 5.41) is 0. The van der Waals surface area contributed by atoms with Crippen molar-refractivity contribution >= 4 is 5.69 Å². The van der Waals surface area contributed by atoms with E-state index < -0.39 is 0 Å². The number of anilines is 1. The van der Waals surface area contributed by atoms with Gasteiger partial charge in [0.15, 0.2) is 5.82 Å². The Bertz CT molecular complexity index is 940. The summed E-state index contributed by atoms with van der Waals surface area (Å²) in [5.41, 5.74) is 2.68. The minimum atomic E-state index is -0.226. The molecule has 3 rings (SSSR count). The monoisotopic (exact) mass is 425 g/mol. The van der Waals surface area contributed by atoms with Crippen molar-refractivity contribution in [3.05, 3.63) is 59.1 Å². The van der Waals surface area contributed by atoms with Crippen LogP contribution in [0.5, 0.6) is 0 Å². The van der Waals surface area contributed by atoms with Gasteiger partial charge in [0.1, 0.15) is 5.69 Å². The highest BCUT2D eigenvalue weighted by atomic mass is 16.1. The minimum Gasteiger partial charge on any atom is -0.366 e. The van der Waals surface area contributed by atoms with Gasteiger partial charge < -0.3 is 14.8 Å². The molecule has 0 amide bonds. The molecular formula is C24H37N6O+. The Morgan fingerprint density at radius 2 is 1.65 bits per heavy atom. The van der Waals surface area contributed by atoms with Crippen LogP contribution in [0.25, 0.3) is 22.9 Å². The van der Waals surface area contributed by atoms with E-state index in [1.807, 2.05) is 58.0 Å². The van der Waals surface area contributed by atoms with Crippen molar-refractivity contribution in [3.8, 4) is 22.9 Å². The molecule has 0 aliphatic rings. The first-order valence-corrected chi connectivity index (χ1v) is 11.1. The lowest BCUT2D eigenvalue weighted by atomic mass is 10.2. The number of aromatic amines is 1. The Labute approximate surface area is 186 Å². The Hall–Kier alpha value is -3.06. The second kappa shape index (κ2) is 14.0. The van der Waals surface area contributed by atoms with Gasteiger partial charge >= 0.3 is 0 Å². The molecule has 0 bridgehead atoms. The lowest BCUT2D eigenvalue weighted by Crippen LogP contribution is -3.06. The highest BCUT2D eigenvalue weighted by molar-refractivity contribution is 5.63. The normalized spacial score (nSPS) is 9.94. The number of hydrogen-bond donors (Lipinski definition) is 2. The van der Waals surface area contributed by atoms with Crippen LogP contribution in [0.1, 0.15) is 34.6 Å². The molecule has 168 valence electrons. The predicted octanol–water partition coefficient (Wildman–Crippen LogP) is 2.92. The van der Waals surface area contributed by atoms with Crippen LogP contribution in [-0.4, -0.2) is 53.7 Å². The quantitative estimate of drug-likeness (QED) is 0.608. The zero-order valence-corrected chi connectivity index (χ0v) is 19.9. The average Bonchev–Trinajstić information content (AvgIpc) is 2.82. The molecule has 0 atom stereocenters. The molecule has 7 nitrogen and oxygen atoms in total. The Morgan fingerprint density at radius 1 is 0.935 bits per heavy atom. The molecule has 31 heavy (non-hydrogen) atoms. The Balaban J connectivity index is 0.00000113. The molecule has 0 saturated heterocycles. The summed E-state index contributed by atoms with van der Waals surface area (Å²) < 4.78 is 0. The van der Waals surface area contributed by atoms with Gasteiger partial charge in [-0.25, -0.2) is 4.98 Å². The Kier molecular flexibility index (Phi) is 11.8. The number of H-pyrrole nitrogens is 1. The van der Waals surface area contributed by atoms with Gasteiger partial charge in [-0.1, -0.05) is 33.8 Å². The predicted molar refractivity (Wildman–Crippen MR) is 130 cm³/mol. The molecule has 0 radical (unpaired) electrons.